The molecule has 8 heterocycles. The van der Waals surface area contributed by atoms with Gasteiger partial charge in [-0.25, -0.2) is 9.78 Å². The van der Waals surface area contributed by atoms with Gasteiger partial charge in [0.05, 0.1) is 22.3 Å². The molecule has 1 aromatic carbocycles. The summed E-state index contributed by atoms with van der Waals surface area (Å²) < 4.78 is 3.15. The van der Waals surface area contributed by atoms with E-state index >= 15 is 0 Å². The molecule has 3 N–H and O–H groups in total. The van der Waals surface area contributed by atoms with Crippen molar-refractivity contribution in [3.8, 4) is 22.5 Å². The lowest BCUT2D eigenvalue weighted by Crippen LogP contribution is -2.49. The van der Waals surface area contributed by atoms with Crippen LogP contribution >= 0.6 is 0 Å². The largest absolute Gasteiger partial charge is 0.371 e. The third kappa shape index (κ3) is 6.06. The van der Waals surface area contributed by atoms with Crippen LogP contribution in [0.15, 0.2) is 65.7 Å². The number of nitrogens with one attached hydrogen (secondary N) is 3. The van der Waals surface area contributed by atoms with Gasteiger partial charge in [-0.1, -0.05) is 0 Å². The number of imidazole rings is 1. The number of aromatic nitrogens is 5. The van der Waals surface area contributed by atoms with E-state index in [2.05, 4.69) is 65.6 Å². The van der Waals surface area contributed by atoms with Gasteiger partial charge in [0.15, 0.2) is 0 Å². The number of carbonyl (C=O) groups excluding carboxylic acids is 3. The van der Waals surface area contributed by atoms with Gasteiger partial charge >= 0.3 is 5.69 Å². The molecule has 4 aromatic heterocycles. The highest BCUT2D eigenvalue weighted by Gasteiger charge is 2.50. The Morgan fingerprint density at radius 1 is 0.821 bits per heavy atom. The predicted octanol–water partition coefficient (Wildman–Crippen LogP) is 3.58. The normalized spacial score (nSPS) is 21.4. The Bertz CT molecular complexity index is 2430. The number of anilines is 2. The second-order valence-electron chi connectivity index (χ2n) is 16.3. The van der Waals surface area contributed by atoms with Gasteiger partial charge < -0.3 is 20.1 Å². The van der Waals surface area contributed by atoms with E-state index in [4.69, 9.17) is 4.98 Å². The predicted molar refractivity (Wildman–Crippen MR) is 213 cm³/mol. The first-order valence-electron chi connectivity index (χ1n) is 19.9. The molecule has 1 saturated carbocycles. The fraction of sp³-hybridized carbons (Fsp3) is 0.429. The minimum absolute atomic E-state index is 0.00112. The SMILES string of the molecule is Cn1c(=O)n(C2CCC(=O)NC2=O)c2ccc(N3CCC(CN4CCN(c5ccc(-c6cc(-c7cc8c([nH]7)C7(CC7)CNC8=O)ccn6)cn5)CC4)CC3)cc21. The first kappa shape index (κ1) is 34.7. The van der Waals surface area contributed by atoms with Crippen molar-refractivity contribution < 1.29 is 14.4 Å². The Balaban J connectivity index is 0.730. The lowest BCUT2D eigenvalue weighted by Gasteiger charge is -2.39. The molecule has 1 spiro atoms. The summed E-state index contributed by atoms with van der Waals surface area (Å²) >= 11 is 0. The molecule has 14 nitrogen and oxygen atoms in total. The number of imide groups is 1. The van der Waals surface area contributed by atoms with Crippen molar-refractivity contribution in [2.24, 2.45) is 13.0 Å². The molecule has 288 valence electrons. The molecule has 0 radical (unpaired) electrons. The molecular formula is C42H46N10O4. The molecule has 1 atom stereocenters. The summed E-state index contributed by atoms with van der Waals surface area (Å²) in [5.74, 6) is 0.907. The van der Waals surface area contributed by atoms with E-state index in [-0.39, 0.29) is 29.3 Å². The summed E-state index contributed by atoms with van der Waals surface area (Å²) in [6.07, 6.45) is 8.72. The van der Waals surface area contributed by atoms with E-state index in [0.29, 0.717) is 24.4 Å². The standard InChI is InChI=1S/C42H46N10O4/c1-48-35-21-29(3-4-33(35)52(41(48)56)34-5-7-37(53)47-40(34)55)50-14-9-26(10-15-50)24-49-16-18-51(19-17-49)36-6-2-28(23-44-36)31-20-27(8-13-43-31)32-22-30-38(46-32)42(11-12-42)25-45-39(30)54/h2-4,6,8,13,20-23,26,34,46H,5,7,9-12,14-19,24-25H2,1H3,(H,45,54)(H,47,53,55). The number of nitrogens with zero attached hydrogens (tertiary/aromatic N) is 7. The van der Waals surface area contributed by atoms with Gasteiger partial charge in [0, 0.05) is 112 Å². The maximum absolute atomic E-state index is 13.2. The van der Waals surface area contributed by atoms with Gasteiger partial charge in [-0.2, -0.15) is 0 Å². The molecule has 3 amide bonds. The van der Waals surface area contributed by atoms with Crippen LogP contribution in [-0.4, -0.2) is 99.1 Å². The van der Waals surface area contributed by atoms with Gasteiger partial charge in [-0.15, -0.1) is 0 Å². The van der Waals surface area contributed by atoms with Crippen LogP contribution in [0.25, 0.3) is 33.5 Å². The van der Waals surface area contributed by atoms with Crippen LogP contribution in [0.2, 0.25) is 0 Å². The highest BCUT2D eigenvalue weighted by Crippen LogP contribution is 2.50. The number of fused-ring (bicyclic) bond motifs is 3. The van der Waals surface area contributed by atoms with E-state index in [0.717, 1.165) is 122 Å². The minimum Gasteiger partial charge on any atom is -0.371 e. The summed E-state index contributed by atoms with van der Waals surface area (Å²) in [7, 11) is 1.74. The molecule has 1 unspecified atom stereocenters. The van der Waals surface area contributed by atoms with Crippen LogP contribution < -0.4 is 26.1 Å². The van der Waals surface area contributed by atoms with Crippen molar-refractivity contribution >= 4 is 40.3 Å². The number of H-pyrrole nitrogens is 1. The summed E-state index contributed by atoms with van der Waals surface area (Å²) in [5, 5.41) is 5.44. The zero-order chi connectivity index (χ0) is 38.1. The Hall–Kier alpha value is -5.76. The van der Waals surface area contributed by atoms with Crippen molar-refractivity contribution in [2.75, 3.05) is 62.2 Å². The molecule has 5 aliphatic rings. The second-order valence-corrected chi connectivity index (χ2v) is 16.3. The Morgan fingerprint density at radius 2 is 1.64 bits per heavy atom. The molecular weight excluding hydrogens is 709 g/mol. The van der Waals surface area contributed by atoms with Crippen LogP contribution in [0.1, 0.15) is 60.6 Å². The summed E-state index contributed by atoms with van der Waals surface area (Å²) in [5.41, 5.74) is 8.05. The average molecular weight is 755 g/mol. The lowest BCUT2D eigenvalue weighted by molar-refractivity contribution is -0.135. The number of hydrogen-bond acceptors (Lipinski definition) is 9. The molecule has 14 heteroatoms. The van der Waals surface area contributed by atoms with Crippen LogP contribution in [0.3, 0.4) is 0 Å². The van der Waals surface area contributed by atoms with Crippen LogP contribution in [0.4, 0.5) is 11.5 Å². The minimum atomic E-state index is -0.680. The number of aryl methyl sites for hydroxylation is 1. The number of amides is 3. The van der Waals surface area contributed by atoms with Crippen molar-refractivity contribution in [1.29, 1.82) is 0 Å². The number of hydrogen-bond donors (Lipinski definition) is 3. The van der Waals surface area contributed by atoms with Crippen LogP contribution in [0.5, 0.6) is 0 Å². The van der Waals surface area contributed by atoms with E-state index in [1.54, 1.807) is 11.6 Å². The number of rotatable bonds is 7. The zero-order valence-electron chi connectivity index (χ0n) is 31.6. The van der Waals surface area contributed by atoms with Crippen molar-refractivity contribution in [3.05, 3.63) is 82.7 Å². The van der Waals surface area contributed by atoms with Crippen molar-refractivity contribution in [2.45, 2.75) is 50.0 Å². The van der Waals surface area contributed by atoms with Crippen LogP contribution in [-0.2, 0) is 22.1 Å². The number of piperazine rings is 1. The van der Waals surface area contributed by atoms with Crippen LogP contribution in [0, 0.1) is 5.92 Å². The monoisotopic (exact) mass is 754 g/mol. The van der Waals surface area contributed by atoms with Crippen molar-refractivity contribution in [1.82, 2.24) is 39.6 Å². The quantitative estimate of drug-likeness (QED) is 0.212. The molecule has 5 aromatic rings. The maximum atomic E-state index is 13.2. The number of pyridine rings is 2. The highest BCUT2D eigenvalue weighted by atomic mass is 16.2. The van der Waals surface area contributed by atoms with Gasteiger partial charge in [-0.05, 0) is 86.6 Å². The molecule has 4 fully saturated rings. The fourth-order valence-electron chi connectivity index (χ4n) is 9.38. The van der Waals surface area contributed by atoms with E-state index in [1.165, 1.54) is 4.57 Å². The first-order valence-corrected chi connectivity index (χ1v) is 19.9. The molecule has 1 aliphatic carbocycles. The zero-order valence-corrected chi connectivity index (χ0v) is 31.6. The topological polar surface area (TPSA) is 153 Å². The summed E-state index contributed by atoms with van der Waals surface area (Å²) in [6.45, 7) is 7.59. The average Bonchev–Trinajstić information content (AvgIpc) is 3.78. The maximum Gasteiger partial charge on any atom is 0.329 e. The smallest absolute Gasteiger partial charge is 0.329 e. The Labute approximate surface area is 323 Å². The highest BCUT2D eigenvalue weighted by molar-refractivity contribution is 6.00. The second kappa shape index (κ2) is 13.5. The van der Waals surface area contributed by atoms with E-state index in [1.807, 2.05) is 30.6 Å². The Kier molecular flexibility index (Phi) is 8.35. The Morgan fingerprint density at radius 3 is 2.39 bits per heavy atom. The third-order valence-electron chi connectivity index (χ3n) is 12.9. The molecule has 4 aliphatic heterocycles. The molecule has 10 rings (SSSR count). The number of aromatic amines is 1. The van der Waals surface area contributed by atoms with Gasteiger partial charge in [0.1, 0.15) is 11.9 Å². The number of piperidine rings is 2. The summed E-state index contributed by atoms with van der Waals surface area (Å²) in [6, 6.07) is 15.6. The van der Waals surface area contributed by atoms with E-state index in [9.17, 15) is 19.2 Å². The summed E-state index contributed by atoms with van der Waals surface area (Å²) in [4.78, 5) is 70.5. The van der Waals surface area contributed by atoms with E-state index < -0.39 is 11.9 Å². The third-order valence-corrected chi connectivity index (χ3v) is 12.9. The molecule has 3 saturated heterocycles. The van der Waals surface area contributed by atoms with Gasteiger partial charge in [0.2, 0.25) is 11.8 Å². The molecule has 56 heavy (non-hydrogen) atoms. The van der Waals surface area contributed by atoms with Crippen molar-refractivity contribution in [3.63, 3.8) is 0 Å². The molecule has 0 bridgehead atoms. The fourth-order valence-corrected chi connectivity index (χ4v) is 9.38. The van der Waals surface area contributed by atoms with Gasteiger partial charge in [-0.3, -0.25) is 38.7 Å². The lowest BCUT2D eigenvalue weighted by atomic mass is 9.95. The van der Waals surface area contributed by atoms with Gasteiger partial charge in [0.25, 0.3) is 5.91 Å². The number of carbonyl (C=O) groups is 3. The first-order chi connectivity index (χ1) is 27.2. The number of benzene rings is 1.